The fraction of sp³-hybridized carbons (Fsp3) is 1.00. The number of nitrogens with zero attached hydrogens (tertiary/aromatic N) is 1. The third-order valence-corrected chi connectivity index (χ3v) is 3.22. The third kappa shape index (κ3) is 4.04. The zero-order chi connectivity index (χ0) is 12.4. The highest BCUT2D eigenvalue weighted by Gasteiger charge is 2.33. The van der Waals surface area contributed by atoms with Crippen molar-refractivity contribution in [1.82, 2.24) is 10.2 Å². The quantitative estimate of drug-likeness (QED) is 0.795. The van der Waals surface area contributed by atoms with Crippen LogP contribution >= 0.6 is 0 Å². The van der Waals surface area contributed by atoms with Crippen LogP contribution in [0.3, 0.4) is 0 Å². The SMILES string of the molecule is CCOC(C)(C)CN1CC(C)(C)NCC1C. The van der Waals surface area contributed by atoms with Gasteiger partial charge in [0, 0.05) is 37.8 Å². The molecule has 1 heterocycles. The Kier molecular flexibility index (Phi) is 4.38. The van der Waals surface area contributed by atoms with Gasteiger partial charge in [0.25, 0.3) is 0 Å². The molecule has 16 heavy (non-hydrogen) atoms. The van der Waals surface area contributed by atoms with Crippen molar-refractivity contribution >= 4 is 0 Å². The predicted octanol–water partition coefficient (Wildman–Crippen LogP) is 1.87. The maximum absolute atomic E-state index is 5.79. The minimum absolute atomic E-state index is 0.0452. The highest BCUT2D eigenvalue weighted by molar-refractivity contribution is 4.92. The van der Waals surface area contributed by atoms with Crippen LogP contribution in [0.15, 0.2) is 0 Å². The lowest BCUT2D eigenvalue weighted by atomic mass is 9.97. The van der Waals surface area contributed by atoms with Crippen molar-refractivity contribution in [3.8, 4) is 0 Å². The smallest absolute Gasteiger partial charge is 0.0752 e. The van der Waals surface area contributed by atoms with Gasteiger partial charge in [0.15, 0.2) is 0 Å². The molecule has 1 N–H and O–H groups in total. The summed E-state index contributed by atoms with van der Waals surface area (Å²) in [6.07, 6.45) is 0. The molecule has 1 unspecified atom stereocenters. The average Bonchev–Trinajstić information content (AvgIpc) is 2.10. The van der Waals surface area contributed by atoms with Crippen LogP contribution in [0.2, 0.25) is 0 Å². The molecule has 0 radical (unpaired) electrons. The third-order valence-electron chi connectivity index (χ3n) is 3.22. The van der Waals surface area contributed by atoms with Crippen LogP contribution in [0.5, 0.6) is 0 Å². The average molecular weight is 228 g/mol. The number of hydrogen-bond acceptors (Lipinski definition) is 3. The number of nitrogens with one attached hydrogen (secondary N) is 1. The molecule has 96 valence electrons. The molecule has 0 aromatic heterocycles. The predicted molar refractivity (Wildman–Crippen MR) is 68.8 cm³/mol. The van der Waals surface area contributed by atoms with E-state index in [1.165, 1.54) is 0 Å². The Morgan fingerprint density at radius 1 is 1.44 bits per heavy atom. The molecule has 1 rings (SSSR count). The summed E-state index contributed by atoms with van der Waals surface area (Å²) in [5.41, 5.74) is 0.172. The van der Waals surface area contributed by atoms with Crippen molar-refractivity contribution in [2.75, 3.05) is 26.2 Å². The summed E-state index contributed by atoms with van der Waals surface area (Å²) in [5, 5.41) is 3.57. The highest BCUT2D eigenvalue weighted by Crippen LogP contribution is 2.19. The summed E-state index contributed by atoms with van der Waals surface area (Å²) in [6, 6.07) is 0.591. The van der Waals surface area contributed by atoms with E-state index in [1.807, 2.05) is 0 Å². The number of hydrogen-bond donors (Lipinski definition) is 1. The summed E-state index contributed by atoms with van der Waals surface area (Å²) >= 11 is 0. The highest BCUT2D eigenvalue weighted by atomic mass is 16.5. The largest absolute Gasteiger partial charge is 0.375 e. The molecule has 0 amide bonds. The Balaban J connectivity index is 2.57. The van der Waals surface area contributed by atoms with Crippen LogP contribution < -0.4 is 5.32 Å². The molecule has 0 spiro atoms. The van der Waals surface area contributed by atoms with Gasteiger partial charge in [0.2, 0.25) is 0 Å². The molecule has 1 aliphatic heterocycles. The molecule has 0 aromatic carbocycles. The Labute approximate surface area is 101 Å². The summed E-state index contributed by atoms with van der Waals surface area (Å²) in [7, 11) is 0. The van der Waals surface area contributed by atoms with Gasteiger partial charge in [-0.3, -0.25) is 4.90 Å². The Hall–Kier alpha value is -0.120. The van der Waals surface area contributed by atoms with Gasteiger partial charge >= 0.3 is 0 Å². The monoisotopic (exact) mass is 228 g/mol. The van der Waals surface area contributed by atoms with Crippen LogP contribution in [0.4, 0.5) is 0 Å². The fourth-order valence-electron chi connectivity index (χ4n) is 2.41. The lowest BCUT2D eigenvalue weighted by Crippen LogP contribution is -2.62. The first kappa shape index (κ1) is 13.9. The van der Waals surface area contributed by atoms with Gasteiger partial charge in [-0.15, -0.1) is 0 Å². The minimum Gasteiger partial charge on any atom is -0.375 e. The maximum Gasteiger partial charge on any atom is 0.0752 e. The van der Waals surface area contributed by atoms with Crippen molar-refractivity contribution < 1.29 is 4.74 Å². The van der Waals surface area contributed by atoms with E-state index in [4.69, 9.17) is 4.74 Å². The van der Waals surface area contributed by atoms with Crippen molar-refractivity contribution in [1.29, 1.82) is 0 Å². The van der Waals surface area contributed by atoms with Gasteiger partial charge < -0.3 is 10.1 Å². The van der Waals surface area contributed by atoms with Crippen molar-refractivity contribution in [2.24, 2.45) is 0 Å². The maximum atomic E-state index is 5.79. The van der Waals surface area contributed by atoms with E-state index in [-0.39, 0.29) is 11.1 Å². The van der Waals surface area contributed by atoms with E-state index in [9.17, 15) is 0 Å². The van der Waals surface area contributed by atoms with Crippen molar-refractivity contribution in [3.05, 3.63) is 0 Å². The number of piperazine rings is 1. The second kappa shape index (κ2) is 5.03. The fourth-order valence-corrected chi connectivity index (χ4v) is 2.41. The van der Waals surface area contributed by atoms with Gasteiger partial charge in [-0.2, -0.15) is 0 Å². The summed E-state index contributed by atoms with van der Waals surface area (Å²) in [5.74, 6) is 0. The first-order valence-electron chi connectivity index (χ1n) is 6.39. The Morgan fingerprint density at radius 2 is 2.06 bits per heavy atom. The van der Waals surface area contributed by atoms with E-state index in [0.29, 0.717) is 6.04 Å². The zero-order valence-electron chi connectivity index (χ0n) is 11.8. The molecular weight excluding hydrogens is 200 g/mol. The number of ether oxygens (including phenoxy) is 1. The molecule has 0 bridgehead atoms. The van der Waals surface area contributed by atoms with E-state index in [1.54, 1.807) is 0 Å². The molecule has 3 heteroatoms. The molecule has 0 aromatic rings. The lowest BCUT2D eigenvalue weighted by molar-refractivity contribution is -0.0515. The molecule has 1 fully saturated rings. The molecule has 0 aliphatic carbocycles. The Morgan fingerprint density at radius 3 is 2.62 bits per heavy atom. The topological polar surface area (TPSA) is 24.5 Å². The Bertz CT molecular complexity index is 226. The first-order chi connectivity index (χ1) is 7.26. The van der Waals surface area contributed by atoms with Crippen LogP contribution in [-0.2, 0) is 4.74 Å². The van der Waals surface area contributed by atoms with Crippen LogP contribution in [-0.4, -0.2) is 48.3 Å². The van der Waals surface area contributed by atoms with Gasteiger partial charge in [-0.05, 0) is 41.5 Å². The summed E-state index contributed by atoms with van der Waals surface area (Å²) < 4.78 is 5.79. The van der Waals surface area contributed by atoms with E-state index in [2.05, 4.69) is 51.8 Å². The van der Waals surface area contributed by atoms with Gasteiger partial charge in [-0.1, -0.05) is 0 Å². The first-order valence-corrected chi connectivity index (χ1v) is 6.39. The zero-order valence-corrected chi connectivity index (χ0v) is 11.8. The van der Waals surface area contributed by atoms with E-state index >= 15 is 0 Å². The molecule has 1 saturated heterocycles. The van der Waals surface area contributed by atoms with E-state index < -0.39 is 0 Å². The van der Waals surface area contributed by atoms with Crippen LogP contribution in [0.25, 0.3) is 0 Å². The number of rotatable bonds is 4. The van der Waals surface area contributed by atoms with Crippen LogP contribution in [0, 0.1) is 0 Å². The minimum atomic E-state index is -0.0452. The van der Waals surface area contributed by atoms with Gasteiger partial charge in [-0.25, -0.2) is 0 Å². The second-order valence-electron chi connectivity index (χ2n) is 6.21. The lowest BCUT2D eigenvalue weighted by Gasteiger charge is -2.46. The van der Waals surface area contributed by atoms with Gasteiger partial charge in [0.1, 0.15) is 0 Å². The summed E-state index contributed by atoms with van der Waals surface area (Å²) in [4.78, 5) is 2.53. The summed E-state index contributed by atoms with van der Waals surface area (Å²) in [6.45, 7) is 17.2. The van der Waals surface area contributed by atoms with Crippen LogP contribution in [0.1, 0.15) is 41.5 Å². The molecule has 1 atom stereocenters. The second-order valence-corrected chi connectivity index (χ2v) is 6.21. The molecular formula is C13H28N2O. The molecule has 3 nitrogen and oxygen atoms in total. The standard InChI is InChI=1S/C13H28N2O/c1-7-16-13(5,6)10-15-9-12(3,4)14-8-11(15)2/h11,14H,7-10H2,1-6H3. The van der Waals surface area contributed by atoms with Crippen molar-refractivity contribution in [2.45, 2.75) is 58.7 Å². The molecule has 0 saturated carbocycles. The molecule has 1 aliphatic rings. The van der Waals surface area contributed by atoms with Gasteiger partial charge in [0.05, 0.1) is 5.60 Å². The van der Waals surface area contributed by atoms with E-state index in [0.717, 1.165) is 26.2 Å². The van der Waals surface area contributed by atoms with Crippen molar-refractivity contribution in [3.63, 3.8) is 0 Å². The normalized spacial score (nSPS) is 27.0.